The molecule has 2 aromatic carbocycles. The van der Waals surface area contributed by atoms with Crippen LogP contribution in [0, 0.1) is 0 Å². The first-order chi connectivity index (χ1) is 13.1. The van der Waals surface area contributed by atoms with Gasteiger partial charge >= 0.3 is 0 Å². The fraction of sp³-hybridized carbons (Fsp3) is 0.300. The van der Waals surface area contributed by atoms with Crippen LogP contribution in [-0.2, 0) is 9.53 Å². The molecule has 4 N–H and O–H groups in total. The second-order valence-electron chi connectivity index (χ2n) is 6.29. The molecule has 0 spiro atoms. The van der Waals surface area contributed by atoms with Crippen LogP contribution in [0.1, 0.15) is 23.2 Å². The molecule has 1 heterocycles. The monoisotopic (exact) mass is 369 g/mol. The Morgan fingerprint density at radius 3 is 2.81 bits per heavy atom. The number of ether oxygens (including phenoxy) is 2. The van der Waals surface area contributed by atoms with Gasteiger partial charge in [0.05, 0.1) is 18.2 Å². The third-order valence-electron chi connectivity index (χ3n) is 4.21. The predicted molar refractivity (Wildman–Crippen MR) is 103 cm³/mol. The SMILES string of the molecule is NC(=O)c1ccccc1NCC(=O)Nc1cccc(OCC2CCCO2)c1. The first-order valence-electron chi connectivity index (χ1n) is 8.89. The minimum absolute atomic E-state index is 0.00525. The van der Waals surface area contributed by atoms with Gasteiger partial charge in [0.1, 0.15) is 12.4 Å². The highest BCUT2D eigenvalue weighted by atomic mass is 16.5. The summed E-state index contributed by atoms with van der Waals surface area (Å²) < 4.78 is 11.3. The number of primary amides is 1. The predicted octanol–water partition coefficient (Wildman–Crippen LogP) is 2.39. The number of amides is 2. The third kappa shape index (κ3) is 5.46. The molecular formula is C20H23N3O4. The lowest BCUT2D eigenvalue weighted by molar-refractivity contribution is -0.114. The second-order valence-corrected chi connectivity index (χ2v) is 6.29. The van der Waals surface area contributed by atoms with Gasteiger partial charge in [0.2, 0.25) is 5.91 Å². The van der Waals surface area contributed by atoms with E-state index in [1.54, 1.807) is 36.4 Å². The zero-order valence-corrected chi connectivity index (χ0v) is 14.9. The molecule has 7 heteroatoms. The maximum absolute atomic E-state index is 12.2. The van der Waals surface area contributed by atoms with E-state index in [1.807, 2.05) is 12.1 Å². The van der Waals surface area contributed by atoms with E-state index in [-0.39, 0.29) is 18.6 Å². The number of hydrogen-bond donors (Lipinski definition) is 3. The summed E-state index contributed by atoms with van der Waals surface area (Å²) in [6, 6.07) is 14.0. The van der Waals surface area contributed by atoms with E-state index in [1.165, 1.54) is 0 Å². The van der Waals surface area contributed by atoms with Gasteiger partial charge in [-0.2, -0.15) is 0 Å². The van der Waals surface area contributed by atoms with E-state index < -0.39 is 5.91 Å². The molecule has 0 radical (unpaired) electrons. The van der Waals surface area contributed by atoms with Gasteiger partial charge < -0.3 is 25.8 Å². The molecular weight excluding hydrogens is 346 g/mol. The maximum atomic E-state index is 12.2. The first-order valence-corrected chi connectivity index (χ1v) is 8.89. The Kier molecular flexibility index (Phi) is 6.27. The fourth-order valence-electron chi connectivity index (χ4n) is 2.86. The highest BCUT2D eigenvalue weighted by Crippen LogP contribution is 2.20. The standard InChI is InChI=1S/C20H23N3O4/c21-20(25)17-8-1-2-9-18(17)22-12-19(24)23-14-5-3-6-15(11-14)27-13-16-7-4-10-26-16/h1-3,5-6,8-9,11,16,22H,4,7,10,12-13H2,(H2,21,25)(H,23,24). The van der Waals surface area contributed by atoms with Crippen LogP contribution in [0.15, 0.2) is 48.5 Å². The number of carbonyl (C=O) groups is 2. The lowest BCUT2D eigenvalue weighted by Crippen LogP contribution is -2.23. The third-order valence-corrected chi connectivity index (χ3v) is 4.21. The first kappa shape index (κ1) is 18.7. The fourth-order valence-corrected chi connectivity index (χ4v) is 2.86. The zero-order valence-electron chi connectivity index (χ0n) is 14.9. The van der Waals surface area contributed by atoms with Crippen molar-refractivity contribution in [2.24, 2.45) is 5.73 Å². The van der Waals surface area contributed by atoms with Crippen LogP contribution in [0.4, 0.5) is 11.4 Å². The molecule has 0 aliphatic carbocycles. The van der Waals surface area contributed by atoms with Gasteiger partial charge in [-0.25, -0.2) is 0 Å². The van der Waals surface area contributed by atoms with E-state index in [4.69, 9.17) is 15.2 Å². The second kappa shape index (κ2) is 9.05. The van der Waals surface area contributed by atoms with Crippen molar-refractivity contribution in [3.05, 3.63) is 54.1 Å². The highest BCUT2D eigenvalue weighted by molar-refractivity contribution is 6.00. The summed E-state index contributed by atoms with van der Waals surface area (Å²) in [4.78, 5) is 23.6. The average molecular weight is 369 g/mol. The number of nitrogens with one attached hydrogen (secondary N) is 2. The van der Waals surface area contributed by atoms with Crippen molar-refractivity contribution in [2.45, 2.75) is 18.9 Å². The van der Waals surface area contributed by atoms with E-state index in [9.17, 15) is 9.59 Å². The maximum Gasteiger partial charge on any atom is 0.250 e. The van der Waals surface area contributed by atoms with Crippen LogP contribution >= 0.6 is 0 Å². The van der Waals surface area contributed by atoms with Gasteiger partial charge in [-0.3, -0.25) is 9.59 Å². The molecule has 0 saturated carbocycles. The van der Waals surface area contributed by atoms with Gasteiger partial charge in [-0.15, -0.1) is 0 Å². The summed E-state index contributed by atoms with van der Waals surface area (Å²) in [5, 5.41) is 5.73. The van der Waals surface area contributed by atoms with Crippen molar-refractivity contribution >= 4 is 23.2 Å². The summed E-state index contributed by atoms with van der Waals surface area (Å²) in [5.41, 5.74) is 6.83. The normalized spacial score (nSPS) is 15.9. The molecule has 1 atom stereocenters. The van der Waals surface area contributed by atoms with Crippen molar-refractivity contribution in [2.75, 3.05) is 30.4 Å². The van der Waals surface area contributed by atoms with Gasteiger partial charge in [0.15, 0.2) is 0 Å². The minimum atomic E-state index is -0.547. The molecule has 1 aliphatic rings. The molecule has 3 rings (SSSR count). The molecule has 1 fully saturated rings. The Bertz CT molecular complexity index is 803. The molecule has 2 amide bonds. The summed E-state index contributed by atoms with van der Waals surface area (Å²) in [5.74, 6) is -0.115. The van der Waals surface area contributed by atoms with Crippen molar-refractivity contribution in [1.29, 1.82) is 0 Å². The molecule has 0 aromatic heterocycles. The van der Waals surface area contributed by atoms with E-state index in [0.717, 1.165) is 19.4 Å². The number of rotatable bonds is 8. The van der Waals surface area contributed by atoms with Gasteiger partial charge in [0, 0.05) is 24.0 Å². The van der Waals surface area contributed by atoms with Crippen molar-refractivity contribution in [1.82, 2.24) is 0 Å². The van der Waals surface area contributed by atoms with Crippen LogP contribution in [0.3, 0.4) is 0 Å². The van der Waals surface area contributed by atoms with Crippen LogP contribution < -0.4 is 21.1 Å². The number of para-hydroxylation sites is 1. The Morgan fingerprint density at radius 1 is 1.19 bits per heavy atom. The van der Waals surface area contributed by atoms with E-state index >= 15 is 0 Å². The lowest BCUT2D eigenvalue weighted by atomic mass is 10.1. The van der Waals surface area contributed by atoms with Crippen molar-refractivity contribution in [3.8, 4) is 5.75 Å². The quantitative estimate of drug-likeness (QED) is 0.663. The zero-order chi connectivity index (χ0) is 19.1. The van der Waals surface area contributed by atoms with Gasteiger partial charge in [-0.1, -0.05) is 18.2 Å². The van der Waals surface area contributed by atoms with Crippen molar-refractivity contribution < 1.29 is 19.1 Å². The summed E-state index contributed by atoms with van der Waals surface area (Å²) in [6.45, 7) is 1.30. The van der Waals surface area contributed by atoms with E-state index in [2.05, 4.69) is 10.6 Å². The lowest BCUT2D eigenvalue weighted by Gasteiger charge is -2.13. The summed E-state index contributed by atoms with van der Waals surface area (Å²) >= 11 is 0. The molecule has 1 unspecified atom stereocenters. The van der Waals surface area contributed by atoms with E-state index in [0.29, 0.717) is 29.3 Å². The molecule has 2 aromatic rings. The van der Waals surface area contributed by atoms with Crippen molar-refractivity contribution in [3.63, 3.8) is 0 Å². The Hall–Kier alpha value is -3.06. The minimum Gasteiger partial charge on any atom is -0.491 e. The largest absolute Gasteiger partial charge is 0.491 e. The van der Waals surface area contributed by atoms with Crippen LogP contribution in [0.5, 0.6) is 5.75 Å². The number of hydrogen-bond acceptors (Lipinski definition) is 5. The topological polar surface area (TPSA) is 103 Å². The Labute approximate surface area is 157 Å². The number of benzene rings is 2. The molecule has 142 valence electrons. The number of nitrogens with two attached hydrogens (primary N) is 1. The summed E-state index contributed by atoms with van der Waals surface area (Å²) in [6.07, 6.45) is 2.21. The van der Waals surface area contributed by atoms with Gasteiger partial charge in [-0.05, 0) is 37.1 Å². The molecule has 0 bridgehead atoms. The summed E-state index contributed by atoms with van der Waals surface area (Å²) in [7, 11) is 0. The number of anilines is 2. The average Bonchev–Trinajstić information content (AvgIpc) is 3.19. The molecule has 1 saturated heterocycles. The Morgan fingerprint density at radius 2 is 2.04 bits per heavy atom. The number of carbonyl (C=O) groups excluding carboxylic acids is 2. The molecule has 1 aliphatic heterocycles. The van der Waals surface area contributed by atoms with Crippen LogP contribution in [0.2, 0.25) is 0 Å². The van der Waals surface area contributed by atoms with Crippen LogP contribution in [-0.4, -0.2) is 37.7 Å². The highest BCUT2D eigenvalue weighted by Gasteiger charge is 2.16. The Balaban J connectivity index is 1.52. The van der Waals surface area contributed by atoms with Crippen LogP contribution in [0.25, 0.3) is 0 Å². The van der Waals surface area contributed by atoms with Gasteiger partial charge in [0.25, 0.3) is 5.91 Å². The molecule has 27 heavy (non-hydrogen) atoms. The smallest absolute Gasteiger partial charge is 0.250 e. The molecule has 7 nitrogen and oxygen atoms in total.